The van der Waals surface area contributed by atoms with Gasteiger partial charge in [-0.1, -0.05) is 32.1 Å². The van der Waals surface area contributed by atoms with Gasteiger partial charge in [-0.3, -0.25) is 19.0 Å². The van der Waals surface area contributed by atoms with Crippen molar-refractivity contribution in [2.75, 3.05) is 5.32 Å². The molecule has 7 heteroatoms. The van der Waals surface area contributed by atoms with Crippen molar-refractivity contribution in [1.29, 1.82) is 0 Å². The van der Waals surface area contributed by atoms with Gasteiger partial charge in [0.15, 0.2) is 0 Å². The van der Waals surface area contributed by atoms with Crippen LogP contribution in [0.4, 0.5) is 5.69 Å². The molecule has 1 aromatic heterocycles. The zero-order valence-electron chi connectivity index (χ0n) is 17.4. The Kier molecular flexibility index (Phi) is 6.45. The largest absolute Gasteiger partial charge is 0.353 e. The molecule has 1 aliphatic carbocycles. The molecule has 0 spiro atoms. The summed E-state index contributed by atoms with van der Waals surface area (Å²) in [5.41, 5.74) is 1.11. The van der Waals surface area contributed by atoms with Gasteiger partial charge in [-0.05, 0) is 43.9 Å². The summed E-state index contributed by atoms with van der Waals surface area (Å²) in [7, 11) is 0. The van der Waals surface area contributed by atoms with Crippen LogP contribution in [-0.2, 0) is 22.6 Å². The zero-order chi connectivity index (χ0) is 20.9. The molecule has 7 nitrogen and oxygen atoms in total. The van der Waals surface area contributed by atoms with Crippen LogP contribution in [0.1, 0.15) is 70.0 Å². The van der Waals surface area contributed by atoms with Gasteiger partial charge in [0.05, 0.1) is 10.9 Å². The maximum absolute atomic E-state index is 12.9. The molecule has 0 bridgehead atoms. The lowest BCUT2D eigenvalue weighted by Gasteiger charge is -2.16. The number of fused-ring (bicyclic) bond motifs is 2. The summed E-state index contributed by atoms with van der Waals surface area (Å²) in [4.78, 5) is 42.2. The van der Waals surface area contributed by atoms with Gasteiger partial charge in [-0.25, -0.2) is 4.98 Å². The molecule has 2 N–H and O–H groups in total. The number of amides is 2. The number of hydrogen-bond donors (Lipinski definition) is 2. The second kappa shape index (κ2) is 9.41. The number of hydrogen-bond acceptors (Lipinski definition) is 4. The van der Waals surface area contributed by atoms with E-state index in [0.29, 0.717) is 23.1 Å². The average molecular weight is 411 g/mol. The highest BCUT2D eigenvalue weighted by molar-refractivity contribution is 6.04. The zero-order valence-corrected chi connectivity index (χ0v) is 17.4. The van der Waals surface area contributed by atoms with Crippen molar-refractivity contribution in [3.05, 3.63) is 34.4 Å². The van der Waals surface area contributed by atoms with E-state index in [1.807, 2.05) is 0 Å². The van der Waals surface area contributed by atoms with Crippen molar-refractivity contribution in [2.45, 2.75) is 83.2 Å². The van der Waals surface area contributed by atoms with Gasteiger partial charge in [-0.2, -0.15) is 0 Å². The summed E-state index contributed by atoms with van der Waals surface area (Å²) in [6.45, 7) is 0.690. The Morgan fingerprint density at radius 2 is 1.77 bits per heavy atom. The monoisotopic (exact) mass is 410 g/mol. The number of aromatic nitrogens is 2. The Balaban J connectivity index is 1.43. The topological polar surface area (TPSA) is 93.1 Å². The first-order chi connectivity index (χ1) is 14.6. The Labute approximate surface area is 176 Å². The first-order valence-corrected chi connectivity index (χ1v) is 11.2. The van der Waals surface area contributed by atoms with Crippen LogP contribution in [0.5, 0.6) is 0 Å². The molecule has 1 aliphatic heterocycles. The molecule has 2 aromatic rings. The molecule has 0 unspecified atom stereocenters. The van der Waals surface area contributed by atoms with E-state index in [0.717, 1.165) is 57.2 Å². The molecule has 0 saturated heterocycles. The SMILES string of the molecule is O=C(CC(=O)NC1CCCCCC1)Nc1ccc2nc3n(c(=O)c2c1)CCCCC3. The summed E-state index contributed by atoms with van der Waals surface area (Å²) < 4.78 is 1.77. The standard InChI is InChI=1S/C23H30N4O3/c28-21(24-16-8-4-1-2-5-9-16)15-22(29)25-17-11-12-19-18(14-17)23(30)27-13-7-3-6-10-20(27)26-19/h11-12,14,16H,1-10,13,15H2,(H,24,28)(H,25,29). The molecule has 160 valence electrons. The predicted octanol–water partition coefficient (Wildman–Crippen LogP) is 3.29. The molecular formula is C23H30N4O3. The van der Waals surface area contributed by atoms with E-state index in [1.165, 1.54) is 12.8 Å². The van der Waals surface area contributed by atoms with Crippen molar-refractivity contribution in [3.8, 4) is 0 Å². The smallest absolute Gasteiger partial charge is 0.261 e. The second-order valence-corrected chi connectivity index (χ2v) is 8.51. The molecule has 1 fully saturated rings. The van der Waals surface area contributed by atoms with Crippen molar-refractivity contribution < 1.29 is 9.59 Å². The molecule has 0 radical (unpaired) electrons. The molecule has 4 rings (SSSR count). The minimum Gasteiger partial charge on any atom is -0.353 e. The third-order valence-corrected chi connectivity index (χ3v) is 6.14. The fourth-order valence-corrected chi connectivity index (χ4v) is 4.55. The summed E-state index contributed by atoms with van der Waals surface area (Å²) in [5.74, 6) is 0.229. The Morgan fingerprint density at radius 1 is 1.00 bits per heavy atom. The van der Waals surface area contributed by atoms with Crippen LogP contribution >= 0.6 is 0 Å². The second-order valence-electron chi connectivity index (χ2n) is 8.51. The maximum atomic E-state index is 12.9. The fraction of sp³-hybridized carbons (Fsp3) is 0.565. The van der Waals surface area contributed by atoms with Crippen molar-refractivity contribution in [3.63, 3.8) is 0 Å². The third-order valence-electron chi connectivity index (χ3n) is 6.14. The quantitative estimate of drug-likeness (QED) is 0.597. The minimum atomic E-state index is -0.372. The van der Waals surface area contributed by atoms with Crippen LogP contribution in [0.3, 0.4) is 0 Å². The van der Waals surface area contributed by atoms with E-state index in [9.17, 15) is 14.4 Å². The third kappa shape index (κ3) is 4.89. The number of carbonyl (C=O) groups excluding carboxylic acids is 2. The number of rotatable bonds is 4. The van der Waals surface area contributed by atoms with Crippen molar-refractivity contribution >= 4 is 28.4 Å². The van der Waals surface area contributed by atoms with Crippen LogP contribution in [0.2, 0.25) is 0 Å². The molecule has 2 heterocycles. The highest BCUT2D eigenvalue weighted by Crippen LogP contribution is 2.19. The highest BCUT2D eigenvalue weighted by atomic mass is 16.2. The summed E-state index contributed by atoms with van der Waals surface area (Å²) in [6.07, 6.45) is 10.4. The Morgan fingerprint density at radius 3 is 2.57 bits per heavy atom. The number of anilines is 1. The van der Waals surface area contributed by atoms with E-state index in [4.69, 9.17) is 0 Å². The average Bonchev–Trinajstić information content (AvgIpc) is 3.11. The summed E-state index contributed by atoms with van der Waals surface area (Å²) in [5, 5.41) is 6.25. The van der Waals surface area contributed by atoms with Gasteiger partial charge in [0.1, 0.15) is 12.2 Å². The number of aryl methyl sites for hydroxylation is 1. The lowest BCUT2D eigenvalue weighted by atomic mass is 10.1. The van der Waals surface area contributed by atoms with Crippen LogP contribution in [0.15, 0.2) is 23.0 Å². The van der Waals surface area contributed by atoms with Crippen LogP contribution in [0.25, 0.3) is 10.9 Å². The molecule has 30 heavy (non-hydrogen) atoms. The van der Waals surface area contributed by atoms with E-state index >= 15 is 0 Å². The van der Waals surface area contributed by atoms with Gasteiger partial charge in [0.25, 0.3) is 5.56 Å². The first-order valence-electron chi connectivity index (χ1n) is 11.2. The summed E-state index contributed by atoms with van der Waals surface area (Å²) in [6, 6.07) is 5.35. The Hall–Kier alpha value is -2.70. The van der Waals surface area contributed by atoms with E-state index < -0.39 is 0 Å². The van der Waals surface area contributed by atoms with Gasteiger partial charge in [-0.15, -0.1) is 0 Å². The summed E-state index contributed by atoms with van der Waals surface area (Å²) >= 11 is 0. The maximum Gasteiger partial charge on any atom is 0.261 e. The van der Waals surface area contributed by atoms with Crippen LogP contribution < -0.4 is 16.2 Å². The van der Waals surface area contributed by atoms with Crippen molar-refractivity contribution in [1.82, 2.24) is 14.9 Å². The lowest BCUT2D eigenvalue weighted by Crippen LogP contribution is -2.36. The van der Waals surface area contributed by atoms with Gasteiger partial charge in [0.2, 0.25) is 11.8 Å². The Bertz CT molecular complexity index is 990. The number of carbonyl (C=O) groups is 2. The predicted molar refractivity (Wildman–Crippen MR) is 116 cm³/mol. The van der Waals surface area contributed by atoms with Crippen LogP contribution in [0, 0.1) is 0 Å². The number of nitrogens with one attached hydrogen (secondary N) is 2. The molecule has 1 aromatic carbocycles. The van der Waals surface area contributed by atoms with Gasteiger partial charge < -0.3 is 10.6 Å². The molecule has 1 saturated carbocycles. The van der Waals surface area contributed by atoms with Crippen LogP contribution in [-0.4, -0.2) is 27.4 Å². The van der Waals surface area contributed by atoms with E-state index in [1.54, 1.807) is 22.8 Å². The van der Waals surface area contributed by atoms with Gasteiger partial charge >= 0.3 is 0 Å². The van der Waals surface area contributed by atoms with E-state index in [-0.39, 0.29) is 29.8 Å². The number of benzene rings is 1. The molecule has 2 amide bonds. The molecular weight excluding hydrogens is 380 g/mol. The normalized spacial score (nSPS) is 17.6. The number of nitrogens with zero attached hydrogens (tertiary/aromatic N) is 2. The van der Waals surface area contributed by atoms with E-state index in [2.05, 4.69) is 15.6 Å². The lowest BCUT2D eigenvalue weighted by molar-refractivity contribution is -0.127. The molecule has 0 atom stereocenters. The first kappa shape index (κ1) is 20.6. The van der Waals surface area contributed by atoms with Gasteiger partial charge in [0, 0.05) is 24.7 Å². The fourth-order valence-electron chi connectivity index (χ4n) is 4.55. The molecule has 2 aliphatic rings. The highest BCUT2D eigenvalue weighted by Gasteiger charge is 2.18. The van der Waals surface area contributed by atoms with Crippen molar-refractivity contribution in [2.24, 2.45) is 0 Å². The minimum absolute atomic E-state index is 0.0564.